The van der Waals surface area contributed by atoms with Crippen LogP contribution in [0, 0.1) is 5.92 Å². The Kier molecular flexibility index (Phi) is 5.99. The Balaban J connectivity index is 1.32. The number of aromatic nitrogens is 2. The van der Waals surface area contributed by atoms with Gasteiger partial charge in [0, 0.05) is 37.9 Å². The first kappa shape index (κ1) is 19.4. The molecule has 0 atom stereocenters. The highest BCUT2D eigenvalue weighted by atomic mass is 16.2. The van der Waals surface area contributed by atoms with Crippen LogP contribution in [0.25, 0.3) is 0 Å². The van der Waals surface area contributed by atoms with Crippen LogP contribution in [-0.2, 0) is 15.1 Å². The molecule has 1 aromatic rings. The van der Waals surface area contributed by atoms with Crippen molar-refractivity contribution in [2.45, 2.75) is 69.4 Å². The lowest BCUT2D eigenvalue weighted by atomic mass is 9.86. The summed E-state index contributed by atoms with van der Waals surface area (Å²) in [6, 6.07) is 2.09. The van der Waals surface area contributed by atoms with Crippen molar-refractivity contribution in [1.29, 1.82) is 0 Å². The zero-order valence-electron chi connectivity index (χ0n) is 16.7. The molecule has 2 N–H and O–H groups in total. The molecular weight excluding hydrogens is 354 g/mol. The molecule has 0 bridgehead atoms. The molecule has 4 rings (SSSR count). The molecule has 7 nitrogen and oxygen atoms in total. The van der Waals surface area contributed by atoms with E-state index in [1.165, 1.54) is 25.7 Å². The number of rotatable bonds is 5. The van der Waals surface area contributed by atoms with Gasteiger partial charge in [-0.2, -0.15) is 5.10 Å². The summed E-state index contributed by atoms with van der Waals surface area (Å²) in [5, 5.41) is 11.0. The normalized spacial score (nSPS) is 23.6. The predicted octanol–water partition coefficient (Wildman–Crippen LogP) is 1.65. The fraction of sp³-hybridized carbons (Fsp3) is 0.762. The van der Waals surface area contributed by atoms with Crippen LogP contribution in [0.1, 0.15) is 57.8 Å². The lowest BCUT2D eigenvalue weighted by Gasteiger charge is -2.42. The topological polar surface area (TPSA) is 79.3 Å². The van der Waals surface area contributed by atoms with Crippen molar-refractivity contribution in [3.63, 3.8) is 0 Å². The predicted molar refractivity (Wildman–Crippen MR) is 107 cm³/mol. The third kappa shape index (κ3) is 4.09. The summed E-state index contributed by atoms with van der Waals surface area (Å²) in [6.45, 7) is 3.09. The Morgan fingerprint density at radius 2 is 1.82 bits per heavy atom. The van der Waals surface area contributed by atoms with Gasteiger partial charge in [-0.3, -0.25) is 14.3 Å². The van der Waals surface area contributed by atoms with Crippen LogP contribution in [0.5, 0.6) is 0 Å². The van der Waals surface area contributed by atoms with Gasteiger partial charge < -0.3 is 15.5 Å². The minimum absolute atomic E-state index is 0.188. The molecule has 3 heterocycles. The van der Waals surface area contributed by atoms with Gasteiger partial charge in [-0.05, 0) is 63.6 Å². The summed E-state index contributed by atoms with van der Waals surface area (Å²) in [5.74, 6) is 0.965. The maximum Gasteiger partial charge on any atom is 0.250 e. The number of amides is 2. The number of piperidine rings is 2. The summed E-state index contributed by atoms with van der Waals surface area (Å²) < 4.78 is 1.87. The molecule has 3 aliphatic rings. The molecule has 2 amide bonds. The molecular formula is C21H33N5O2. The maximum atomic E-state index is 13.5. The van der Waals surface area contributed by atoms with E-state index in [1.54, 1.807) is 6.20 Å². The average molecular weight is 388 g/mol. The number of nitrogens with zero attached hydrogens (tertiary/aromatic N) is 3. The van der Waals surface area contributed by atoms with Gasteiger partial charge in [0.2, 0.25) is 5.91 Å². The molecule has 0 radical (unpaired) electrons. The molecule has 0 spiro atoms. The Bertz CT molecular complexity index is 654. The largest absolute Gasteiger partial charge is 0.353 e. The number of hydrogen-bond donors (Lipinski definition) is 2. The second-order valence-electron chi connectivity index (χ2n) is 8.72. The first-order valence-corrected chi connectivity index (χ1v) is 11.0. The van der Waals surface area contributed by atoms with E-state index in [2.05, 4.69) is 15.7 Å². The van der Waals surface area contributed by atoms with Gasteiger partial charge >= 0.3 is 0 Å². The summed E-state index contributed by atoms with van der Waals surface area (Å²) in [5.41, 5.74) is -0.562. The zero-order chi connectivity index (χ0) is 19.4. The Morgan fingerprint density at radius 1 is 1.11 bits per heavy atom. The smallest absolute Gasteiger partial charge is 0.250 e. The van der Waals surface area contributed by atoms with Crippen LogP contribution in [0.3, 0.4) is 0 Å². The molecule has 28 heavy (non-hydrogen) atoms. The van der Waals surface area contributed by atoms with Gasteiger partial charge in [0.15, 0.2) is 0 Å². The zero-order valence-corrected chi connectivity index (χ0v) is 16.7. The fourth-order valence-corrected chi connectivity index (χ4v) is 5.19. The molecule has 1 aliphatic carbocycles. The highest BCUT2D eigenvalue weighted by molar-refractivity contribution is 5.85. The van der Waals surface area contributed by atoms with Crippen molar-refractivity contribution in [3.8, 4) is 0 Å². The molecule has 2 saturated heterocycles. The van der Waals surface area contributed by atoms with Crippen molar-refractivity contribution in [3.05, 3.63) is 18.5 Å². The Morgan fingerprint density at radius 3 is 2.46 bits per heavy atom. The van der Waals surface area contributed by atoms with Crippen molar-refractivity contribution >= 4 is 11.8 Å². The van der Waals surface area contributed by atoms with E-state index in [0.29, 0.717) is 25.4 Å². The highest BCUT2D eigenvalue weighted by Gasteiger charge is 2.45. The van der Waals surface area contributed by atoms with Gasteiger partial charge in [-0.15, -0.1) is 0 Å². The van der Waals surface area contributed by atoms with Crippen molar-refractivity contribution in [1.82, 2.24) is 25.3 Å². The van der Waals surface area contributed by atoms with Crippen LogP contribution in [0.15, 0.2) is 18.5 Å². The van der Waals surface area contributed by atoms with E-state index in [0.717, 1.165) is 38.8 Å². The molecule has 0 aromatic carbocycles. The van der Waals surface area contributed by atoms with E-state index in [-0.39, 0.29) is 17.9 Å². The van der Waals surface area contributed by atoms with E-state index < -0.39 is 5.54 Å². The monoisotopic (exact) mass is 387 g/mol. The minimum atomic E-state index is -0.562. The Hall–Kier alpha value is -1.89. The van der Waals surface area contributed by atoms with Crippen LogP contribution in [-0.4, -0.2) is 58.7 Å². The van der Waals surface area contributed by atoms with Gasteiger partial charge in [-0.25, -0.2) is 0 Å². The van der Waals surface area contributed by atoms with E-state index in [4.69, 9.17) is 0 Å². The molecule has 0 unspecified atom stereocenters. The van der Waals surface area contributed by atoms with Gasteiger partial charge in [-0.1, -0.05) is 12.8 Å². The first-order valence-electron chi connectivity index (χ1n) is 11.0. The van der Waals surface area contributed by atoms with Crippen molar-refractivity contribution in [2.24, 2.45) is 5.92 Å². The van der Waals surface area contributed by atoms with E-state index in [1.807, 2.05) is 21.8 Å². The molecule has 1 aromatic heterocycles. The molecule has 1 saturated carbocycles. The fourth-order valence-electron chi connectivity index (χ4n) is 5.19. The second-order valence-corrected chi connectivity index (χ2v) is 8.72. The van der Waals surface area contributed by atoms with Crippen LogP contribution in [0.2, 0.25) is 0 Å². The lowest BCUT2D eigenvalue weighted by Crippen LogP contribution is -2.58. The number of carbonyl (C=O) groups excluding carboxylic acids is 2. The number of nitrogens with one attached hydrogen (secondary N) is 2. The van der Waals surface area contributed by atoms with Gasteiger partial charge in [0.25, 0.3) is 5.91 Å². The second kappa shape index (κ2) is 8.64. The molecule has 7 heteroatoms. The number of carbonyl (C=O) groups is 2. The lowest BCUT2D eigenvalue weighted by molar-refractivity contribution is -0.144. The van der Waals surface area contributed by atoms with Crippen LogP contribution in [0.4, 0.5) is 0 Å². The quantitative estimate of drug-likeness (QED) is 0.805. The molecule has 154 valence electrons. The summed E-state index contributed by atoms with van der Waals surface area (Å²) in [4.78, 5) is 27.8. The third-order valence-electron chi connectivity index (χ3n) is 6.87. The van der Waals surface area contributed by atoms with Crippen LogP contribution >= 0.6 is 0 Å². The molecule has 2 aliphatic heterocycles. The standard InChI is InChI=1S/C21H33N5O2/c27-19(16-17-4-1-2-5-17)24-18-6-14-25(15-7-18)20(28)21(8-11-22-12-9-21)26-13-3-10-23-26/h3,10,13,17-18,22H,1-2,4-9,11-12,14-16H2,(H,24,27). The summed E-state index contributed by atoms with van der Waals surface area (Å²) in [7, 11) is 0. The SMILES string of the molecule is O=C(CC1CCCC1)NC1CCN(C(=O)C2(n3cccn3)CCNCC2)CC1. The summed E-state index contributed by atoms with van der Waals surface area (Å²) >= 11 is 0. The average Bonchev–Trinajstić information content (AvgIpc) is 3.43. The van der Waals surface area contributed by atoms with Gasteiger partial charge in [0.1, 0.15) is 5.54 Å². The van der Waals surface area contributed by atoms with Gasteiger partial charge in [0.05, 0.1) is 0 Å². The maximum absolute atomic E-state index is 13.5. The van der Waals surface area contributed by atoms with Crippen LogP contribution < -0.4 is 10.6 Å². The third-order valence-corrected chi connectivity index (χ3v) is 6.87. The number of hydrogen-bond acceptors (Lipinski definition) is 4. The minimum Gasteiger partial charge on any atom is -0.353 e. The molecule has 3 fully saturated rings. The van der Waals surface area contributed by atoms with Crippen molar-refractivity contribution in [2.75, 3.05) is 26.2 Å². The highest BCUT2D eigenvalue weighted by Crippen LogP contribution is 2.31. The first-order chi connectivity index (χ1) is 13.7. The Labute approximate surface area is 167 Å². The summed E-state index contributed by atoms with van der Waals surface area (Å²) in [6.07, 6.45) is 12.5. The van der Waals surface area contributed by atoms with E-state index >= 15 is 0 Å². The van der Waals surface area contributed by atoms with E-state index in [9.17, 15) is 9.59 Å². The van der Waals surface area contributed by atoms with Crippen molar-refractivity contribution < 1.29 is 9.59 Å². The number of likely N-dealkylation sites (tertiary alicyclic amines) is 1.